The Hall–Kier alpha value is -3.10. The standard InChI is InChI=1S/C27H22N3O.Pt/c1-27(2,3)20-12-13-28-23(15-20)18-7-4-6-17(14-18)21-11-10-19-16-29-22-8-5-9-24(31)25(22)26(19)30-21;/h4-13,15-16,31H,1-3H3;/q-1;. The number of hydrogen-bond donors (Lipinski definition) is 1. The van der Waals surface area contributed by atoms with Gasteiger partial charge in [-0.3, -0.25) is 15.0 Å². The number of fused-ring (bicyclic) bond motifs is 3. The van der Waals surface area contributed by atoms with Crippen molar-refractivity contribution >= 4 is 21.8 Å². The van der Waals surface area contributed by atoms with E-state index in [4.69, 9.17) is 4.98 Å². The van der Waals surface area contributed by atoms with Crippen molar-refractivity contribution in [2.24, 2.45) is 0 Å². The Morgan fingerprint density at radius 2 is 1.59 bits per heavy atom. The Bertz CT molecular complexity index is 1440. The summed E-state index contributed by atoms with van der Waals surface area (Å²) in [6.45, 7) is 6.58. The predicted octanol–water partition coefficient (Wildman–Crippen LogP) is 6.31. The summed E-state index contributed by atoms with van der Waals surface area (Å²) < 4.78 is 0. The van der Waals surface area contributed by atoms with Crippen molar-refractivity contribution in [3.05, 3.63) is 84.7 Å². The molecule has 2 aromatic carbocycles. The van der Waals surface area contributed by atoms with Gasteiger partial charge in [-0.25, -0.2) is 0 Å². The molecule has 3 heterocycles. The zero-order valence-corrected chi connectivity index (χ0v) is 20.3. The molecule has 0 saturated heterocycles. The van der Waals surface area contributed by atoms with Gasteiger partial charge in [-0.15, -0.1) is 24.3 Å². The largest absolute Gasteiger partial charge is 0.507 e. The maximum atomic E-state index is 10.4. The van der Waals surface area contributed by atoms with Crippen LogP contribution in [-0.2, 0) is 26.5 Å². The van der Waals surface area contributed by atoms with Crippen molar-refractivity contribution in [1.82, 2.24) is 15.0 Å². The average Bonchev–Trinajstić information content (AvgIpc) is 2.78. The van der Waals surface area contributed by atoms with E-state index in [0.29, 0.717) is 5.39 Å². The molecule has 5 heteroatoms. The van der Waals surface area contributed by atoms with Gasteiger partial charge in [-0.05, 0) is 29.2 Å². The smallest absolute Gasteiger partial charge is 0.127 e. The third-order valence-corrected chi connectivity index (χ3v) is 5.50. The second-order valence-electron chi connectivity index (χ2n) is 8.72. The third-order valence-electron chi connectivity index (χ3n) is 5.50. The second-order valence-corrected chi connectivity index (χ2v) is 8.72. The van der Waals surface area contributed by atoms with Gasteiger partial charge in [0.2, 0.25) is 0 Å². The number of nitrogens with zero attached hydrogens (tertiary/aromatic N) is 3. The molecule has 0 saturated carbocycles. The summed E-state index contributed by atoms with van der Waals surface area (Å²) in [5.41, 5.74) is 6.21. The topological polar surface area (TPSA) is 58.9 Å². The van der Waals surface area contributed by atoms with Gasteiger partial charge in [0.1, 0.15) is 5.75 Å². The first-order valence-corrected chi connectivity index (χ1v) is 10.3. The van der Waals surface area contributed by atoms with E-state index in [0.717, 1.165) is 38.9 Å². The van der Waals surface area contributed by atoms with Crippen LogP contribution in [0.3, 0.4) is 0 Å². The van der Waals surface area contributed by atoms with Crippen LogP contribution in [0.25, 0.3) is 44.3 Å². The van der Waals surface area contributed by atoms with E-state index in [2.05, 4.69) is 48.9 Å². The molecule has 162 valence electrons. The molecule has 0 spiro atoms. The zero-order chi connectivity index (χ0) is 21.6. The SMILES string of the molecule is CC(C)(C)c1ccnc(-c2[c-]c(-c3ccc4cnc5cccc(O)c5c4n3)ccc2)c1.[Pt]. The number of phenols is 1. The number of phenolic OH excluding ortho intramolecular Hbond substituents is 1. The van der Waals surface area contributed by atoms with Crippen LogP contribution in [-0.4, -0.2) is 20.1 Å². The maximum Gasteiger partial charge on any atom is 0.127 e. The first-order valence-electron chi connectivity index (χ1n) is 10.3. The molecule has 0 atom stereocenters. The van der Waals surface area contributed by atoms with Crippen LogP contribution in [0.1, 0.15) is 26.3 Å². The molecule has 4 nitrogen and oxygen atoms in total. The molecule has 32 heavy (non-hydrogen) atoms. The monoisotopic (exact) mass is 599 g/mol. The van der Waals surface area contributed by atoms with E-state index in [1.807, 2.05) is 42.6 Å². The Morgan fingerprint density at radius 3 is 2.38 bits per heavy atom. The fraction of sp³-hybridized carbons (Fsp3) is 0.148. The number of rotatable bonds is 2. The molecule has 0 amide bonds. The fourth-order valence-electron chi connectivity index (χ4n) is 3.75. The molecule has 0 aliphatic carbocycles. The van der Waals surface area contributed by atoms with E-state index >= 15 is 0 Å². The van der Waals surface area contributed by atoms with E-state index < -0.39 is 0 Å². The van der Waals surface area contributed by atoms with Crippen LogP contribution in [0, 0.1) is 6.07 Å². The molecule has 0 bridgehead atoms. The molecule has 0 unspecified atom stereocenters. The summed E-state index contributed by atoms with van der Waals surface area (Å²) in [5.74, 6) is 0.182. The zero-order valence-electron chi connectivity index (χ0n) is 18.0. The van der Waals surface area contributed by atoms with Crippen molar-refractivity contribution in [2.75, 3.05) is 0 Å². The molecule has 0 fully saturated rings. The summed E-state index contributed by atoms with van der Waals surface area (Å²) in [4.78, 5) is 13.9. The van der Waals surface area contributed by atoms with Gasteiger partial charge < -0.3 is 5.11 Å². The van der Waals surface area contributed by atoms with Gasteiger partial charge in [0.25, 0.3) is 0 Å². The van der Waals surface area contributed by atoms with Crippen molar-refractivity contribution in [3.63, 3.8) is 0 Å². The van der Waals surface area contributed by atoms with Crippen molar-refractivity contribution in [2.45, 2.75) is 26.2 Å². The Labute approximate surface area is 201 Å². The minimum absolute atomic E-state index is 0. The summed E-state index contributed by atoms with van der Waals surface area (Å²) in [6.07, 6.45) is 3.64. The van der Waals surface area contributed by atoms with E-state index in [-0.39, 0.29) is 32.2 Å². The fourth-order valence-corrected chi connectivity index (χ4v) is 3.75. The summed E-state index contributed by atoms with van der Waals surface area (Å²) in [7, 11) is 0. The molecule has 0 aliphatic heterocycles. The number of aromatic nitrogens is 3. The van der Waals surface area contributed by atoms with Gasteiger partial charge in [-0.2, -0.15) is 0 Å². The van der Waals surface area contributed by atoms with Crippen molar-refractivity contribution < 1.29 is 26.2 Å². The molecule has 5 aromatic rings. The normalized spacial score (nSPS) is 11.5. The van der Waals surface area contributed by atoms with Crippen LogP contribution in [0.15, 0.2) is 73.1 Å². The Kier molecular flexibility index (Phi) is 5.83. The Balaban J connectivity index is 0.00000245. The molecule has 0 radical (unpaired) electrons. The van der Waals surface area contributed by atoms with Crippen LogP contribution in [0.5, 0.6) is 5.75 Å². The van der Waals surface area contributed by atoms with Gasteiger partial charge in [0.15, 0.2) is 0 Å². The number of pyridine rings is 3. The molecule has 1 N–H and O–H groups in total. The quantitative estimate of drug-likeness (QED) is 0.191. The molecule has 0 aliphatic rings. The van der Waals surface area contributed by atoms with Crippen LogP contribution < -0.4 is 0 Å². The van der Waals surface area contributed by atoms with Crippen molar-refractivity contribution in [3.8, 4) is 28.3 Å². The summed E-state index contributed by atoms with van der Waals surface area (Å²) in [5, 5.41) is 12.0. The maximum absolute atomic E-state index is 10.4. The van der Waals surface area contributed by atoms with E-state index in [9.17, 15) is 5.11 Å². The molecule has 3 aromatic heterocycles. The summed E-state index contributed by atoms with van der Waals surface area (Å²) in [6, 6.07) is 23.0. The summed E-state index contributed by atoms with van der Waals surface area (Å²) >= 11 is 0. The average molecular weight is 600 g/mol. The molecular formula is C27H22N3OPt-. The van der Waals surface area contributed by atoms with Gasteiger partial charge in [0.05, 0.1) is 16.4 Å². The van der Waals surface area contributed by atoms with Crippen LogP contribution in [0.4, 0.5) is 0 Å². The van der Waals surface area contributed by atoms with Gasteiger partial charge in [-0.1, -0.05) is 56.2 Å². The van der Waals surface area contributed by atoms with E-state index in [1.165, 1.54) is 5.56 Å². The Morgan fingerprint density at radius 1 is 0.844 bits per heavy atom. The third kappa shape index (κ3) is 4.03. The molecular weight excluding hydrogens is 577 g/mol. The predicted molar refractivity (Wildman–Crippen MR) is 125 cm³/mol. The molecule has 5 rings (SSSR count). The van der Waals surface area contributed by atoms with E-state index in [1.54, 1.807) is 18.3 Å². The van der Waals surface area contributed by atoms with Crippen molar-refractivity contribution in [1.29, 1.82) is 0 Å². The minimum Gasteiger partial charge on any atom is -0.507 e. The first kappa shape index (κ1) is 22.1. The first-order chi connectivity index (χ1) is 14.9. The number of benzene rings is 2. The number of hydrogen-bond acceptors (Lipinski definition) is 4. The van der Waals surface area contributed by atoms with Gasteiger partial charge in [0, 0.05) is 50.2 Å². The van der Waals surface area contributed by atoms with Crippen LogP contribution in [0.2, 0.25) is 0 Å². The number of aromatic hydroxyl groups is 1. The van der Waals surface area contributed by atoms with Crippen LogP contribution >= 0.6 is 0 Å². The minimum atomic E-state index is 0. The van der Waals surface area contributed by atoms with Gasteiger partial charge >= 0.3 is 0 Å². The second kappa shape index (κ2) is 8.44.